The van der Waals surface area contributed by atoms with Gasteiger partial charge in [-0.15, -0.1) is 10.2 Å². The van der Waals surface area contributed by atoms with Crippen LogP contribution in [0.5, 0.6) is 0 Å². The van der Waals surface area contributed by atoms with Gasteiger partial charge in [0.1, 0.15) is 10.6 Å². The van der Waals surface area contributed by atoms with Gasteiger partial charge in [-0.05, 0) is 23.6 Å². The summed E-state index contributed by atoms with van der Waals surface area (Å²) in [6.45, 7) is 3.59. The highest BCUT2D eigenvalue weighted by atomic mass is 32.2. The van der Waals surface area contributed by atoms with E-state index >= 15 is 0 Å². The first-order chi connectivity index (χ1) is 21.1. The van der Waals surface area contributed by atoms with Crippen LogP contribution in [-0.2, 0) is 22.6 Å². The Morgan fingerprint density at radius 1 is 0.886 bits per heavy atom. The Bertz CT molecular complexity index is 1610. The number of aliphatic hydroxyl groups excluding tert-OH is 1. The van der Waals surface area contributed by atoms with Gasteiger partial charge in [-0.25, -0.2) is 22.0 Å². The van der Waals surface area contributed by atoms with Gasteiger partial charge in [-0.3, -0.25) is 4.79 Å². The molecule has 1 fully saturated rings. The summed E-state index contributed by atoms with van der Waals surface area (Å²) in [6.07, 6.45) is -1.36. The summed E-state index contributed by atoms with van der Waals surface area (Å²) in [6, 6.07) is 14.1. The van der Waals surface area contributed by atoms with Crippen molar-refractivity contribution in [2.45, 2.75) is 49.8 Å². The number of benzene rings is 3. The van der Waals surface area contributed by atoms with E-state index in [1.165, 1.54) is 23.1 Å². The third kappa shape index (κ3) is 6.79. The van der Waals surface area contributed by atoms with E-state index in [1.807, 2.05) is 38.1 Å². The number of aryl methyl sites for hydroxylation is 1. The lowest BCUT2D eigenvalue weighted by molar-refractivity contribution is -0.268. The lowest BCUT2D eigenvalue weighted by Crippen LogP contribution is -2.38. The molecule has 2 N–H and O–H groups in total. The van der Waals surface area contributed by atoms with E-state index in [-0.39, 0.29) is 31.3 Å². The van der Waals surface area contributed by atoms with Crippen LogP contribution in [0.4, 0.5) is 22.0 Å². The van der Waals surface area contributed by atoms with Crippen molar-refractivity contribution in [3.63, 3.8) is 0 Å². The second-order valence-electron chi connectivity index (χ2n) is 10.1. The maximum absolute atomic E-state index is 14.0. The summed E-state index contributed by atoms with van der Waals surface area (Å²) < 4.78 is 82.0. The van der Waals surface area contributed by atoms with E-state index in [2.05, 4.69) is 15.5 Å². The van der Waals surface area contributed by atoms with E-state index in [1.54, 1.807) is 24.3 Å². The fourth-order valence-corrected chi connectivity index (χ4v) is 6.67. The minimum absolute atomic E-state index is 0.0517. The molecule has 1 aliphatic heterocycles. The van der Waals surface area contributed by atoms with Crippen molar-refractivity contribution >= 4 is 29.0 Å². The standard InChI is InChI=1S/C30H26F5N3O4S2/c1-14-20(13-43-30-38-37-15(2)44-30)41-29(42-27(14)18-7-5-17(12-39)6-8-18)19-9-3-16(4-10-19)11-36-28(40)21-22(31)24(33)26(35)25(34)23(21)32/h3-10,14,20,27,29,39H,11-13H2,1-2H3,(H,36,40)/t14-,20+,27+,29+/m0/s1. The molecule has 0 radical (unpaired) electrons. The van der Waals surface area contributed by atoms with Crippen molar-refractivity contribution in [1.82, 2.24) is 15.5 Å². The van der Waals surface area contributed by atoms with Crippen molar-refractivity contribution < 1.29 is 41.3 Å². The number of aliphatic hydroxyl groups is 1. The Hall–Kier alpha value is -3.43. The van der Waals surface area contributed by atoms with E-state index in [9.17, 15) is 31.9 Å². The van der Waals surface area contributed by atoms with Gasteiger partial charge in [0.25, 0.3) is 5.91 Å². The second-order valence-corrected chi connectivity index (χ2v) is 12.5. The maximum atomic E-state index is 14.0. The van der Waals surface area contributed by atoms with Crippen LogP contribution in [0, 0.1) is 41.9 Å². The van der Waals surface area contributed by atoms with Gasteiger partial charge in [-0.1, -0.05) is 78.6 Å². The lowest BCUT2D eigenvalue weighted by atomic mass is 9.91. The summed E-state index contributed by atoms with van der Waals surface area (Å²) >= 11 is 3.03. The molecule has 0 bridgehead atoms. The normalized spacial score (nSPS) is 20.1. The summed E-state index contributed by atoms with van der Waals surface area (Å²) in [5.41, 5.74) is 1.28. The number of halogens is 5. The van der Waals surface area contributed by atoms with Crippen LogP contribution in [0.2, 0.25) is 0 Å². The fourth-order valence-electron chi connectivity index (χ4n) is 4.67. The number of carbonyl (C=O) groups is 1. The molecular formula is C30H26F5N3O4S2. The van der Waals surface area contributed by atoms with Crippen LogP contribution in [0.25, 0.3) is 0 Å². The zero-order valence-electron chi connectivity index (χ0n) is 23.3. The lowest BCUT2D eigenvalue weighted by Gasteiger charge is -2.41. The van der Waals surface area contributed by atoms with Crippen molar-refractivity contribution in [1.29, 1.82) is 0 Å². The predicted octanol–water partition coefficient (Wildman–Crippen LogP) is 6.55. The average molecular weight is 652 g/mol. The van der Waals surface area contributed by atoms with E-state index < -0.39 is 46.8 Å². The molecule has 0 saturated carbocycles. The minimum atomic E-state index is -2.34. The van der Waals surface area contributed by atoms with Crippen LogP contribution in [0.1, 0.15) is 56.9 Å². The average Bonchev–Trinajstić information content (AvgIpc) is 3.46. The Morgan fingerprint density at radius 2 is 1.48 bits per heavy atom. The Kier molecular flexibility index (Phi) is 9.95. The van der Waals surface area contributed by atoms with Crippen LogP contribution in [0.3, 0.4) is 0 Å². The summed E-state index contributed by atoms with van der Waals surface area (Å²) in [5, 5.41) is 20.7. The Balaban J connectivity index is 1.31. The number of amides is 1. The van der Waals surface area contributed by atoms with Crippen molar-refractivity contribution in [2.24, 2.45) is 5.92 Å². The smallest absolute Gasteiger partial charge is 0.257 e. The largest absolute Gasteiger partial charge is 0.392 e. The topological polar surface area (TPSA) is 93.6 Å². The van der Waals surface area contributed by atoms with Gasteiger partial charge in [0.2, 0.25) is 5.82 Å². The third-order valence-corrected chi connectivity index (χ3v) is 9.20. The van der Waals surface area contributed by atoms with Gasteiger partial charge in [0.15, 0.2) is 33.9 Å². The molecule has 0 unspecified atom stereocenters. The molecule has 14 heteroatoms. The maximum Gasteiger partial charge on any atom is 0.257 e. The minimum Gasteiger partial charge on any atom is -0.392 e. The number of thioether (sulfide) groups is 1. The number of hydrogen-bond acceptors (Lipinski definition) is 8. The zero-order chi connectivity index (χ0) is 31.5. The Morgan fingerprint density at radius 3 is 2.07 bits per heavy atom. The molecule has 5 rings (SSSR count). The molecular weight excluding hydrogens is 625 g/mol. The molecule has 1 aromatic heterocycles. The number of ether oxygens (including phenoxy) is 2. The molecule has 1 aliphatic rings. The molecule has 3 aromatic carbocycles. The number of rotatable bonds is 9. The van der Waals surface area contributed by atoms with Crippen molar-refractivity contribution in [3.8, 4) is 0 Å². The first-order valence-electron chi connectivity index (χ1n) is 13.4. The molecule has 44 heavy (non-hydrogen) atoms. The highest BCUT2D eigenvalue weighted by Gasteiger charge is 2.38. The predicted molar refractivity (Wildman–Crippen MR) is 152 cm³/mol. The SMILES string of the molecule is Cc1nnc(SC[C@H]2O[C@@H](c3ccc(CNC(=O)c4c(F)c(F)c(F)c(F)c4F)cc3)O[C@@H](c3ccc(CO)cc3)[C@H]2C)s1. The van der Waals surface area contributed by atoms with Crippen LogP contribution >= 0.6 is 23.1 Å². The van der Waals surface area contributed by atoms with Gasteiger partial charge in [-0.2, -0.15) is 0 Å². The number of carbonyl (C=O) groups excluding carboxylic acids is 1. The van der Waals surface area contributed by atoms with Gasteiger partial charge in [0, 0.05) is 23.8 Å². The van der Waals surface area contributed by atoms with Crippen LogP contribution in [-0.4, -0.2) is 33.1 Å². The molecule has 232 valence electrons. The first kappa shape index (κ1) is 32.0. The molecule has 4 atom stereocenters. The van der Waals surface area contributed by atoms with Gasteiger partial charge >= 0.3 is 0 Å². The highest BCUT2D eigenvalue weighted by Crippen LogP contribution is 2.43. The van der Waals surface area contributed by atoms with Gasteiger partial charge < -0.3 is 19.9 Å². The number of aromatic nitrogens is 2. The monoisotopic (exact) mass is 651 g/mol. The van der Waals surface area contributed by atoms with E-state index in [0.717, 1.165) is 20.5 Å². The first-order valence-corrected chi connectivity index (χ1v) is 15.2. The molecule has 1 saturated heterocycles. The molecule has 4 aromatic rings. The van der Waals surface area contributed by atoms with E-state index in [4.69, 9.17) is 9.47 Å². The van der Waals surface area contributed by atoms with E-state index in [0.29, 0.717) is 16.9 Å². The number of hydrogen-bond donors (Lipinski definition) is 2. The fraction of sp³-hybridized carbons (Fsp3) is 0.300. The molecule has 1 amide bonds. The van der Waals surface area contributed by atoms with Crippen molar-refractivity contribution in [3.05, 3.63) is 110 Å². The summed E-state index contributed by atoms with van der Waals surface area (Å²) in [7, 11) is 0. The van der Waals surface area contributed by atoms with Gasteiger partial charge in [0.05, 0.1) is 18.8 Å². The second kappa shape index (κ2) is 13.7. The third-order valence-electron chi connectivity index (χ3n) is 7.14. The quantitative estimate of drug-likeness (QED) is 0.0918. The summed E-state index contributed by atoms with van der Waals surface area (Å²) in [4.78, 5) is 12.3. The summed E-state index contributed by atoms with van der Waals surface area (Å²) in [5.74, 6) is -12.1. The highest BCUT2D eigenvalue weighted by molar-refractivity contribution is 8.01. The molecule has 7 nitrogen and oxygen atoms in total. The van der Waals surface area contributed by atoms with Crippen LogP contribution in [0.15, 0.2) is 52.9 Å². The van der Waals surface area contributed by atoms with Crippen LogP contribution < -0.4 is 5.32 Å². The molecule has 0 spiro atoms. The number of nitrogens with zero attached hydrogens (tertiary/aromatic N) is 2. The van der Waals surface area contributed by atoms with Crippen molar-refractivity contribution in [2.75, 3.05) is 5.75 Å². The Labute approximate surface area is 257 Å². The zero-order valence-corrected chi connectivity index (χ0v) is 25.0. The number of nitrogens with one attached hydrogen (secondary N) is 1. The molecule has 2 heterocycles. The molecule has 0 aliphatic carbocycles.